The number of carbonyl (C=O) groups is 2. The molecule has 11 heteroatoms. The van der Waals surface area contributed by atoms with Gasteiger partial charge in [-0.15, -0.1) is 0 Å². The SMILES string of the molecule is COc1c(-c2ccc(C)c(C)c2)cccc1-c1nc2c(ccc3cc(C(=O)O)cc(O)c32)[nH]1.O=C(O)C(F)(F)F. The molecular weight excluding hydrogens is 529 g/mol. The number of nitrogens with zero attached hydrogens (tertiary/aromatic N) is 1. The Morgan fingerprint density at radius 1 is 0.925 bits per heavy atom. The molecule has 0 saturated carbocycles. The van der Waals surface area contributed by atoms with Crippen molar-refractivity contribution in [1.82, 2.24) is 9.97 Å². The first-order valence-corrected chi connectivity index (χ1v) is 11.8. The van der Waals surface area contributed by atoms with E-state index in [9.17, 15) is 28.2 Å². The topological polar surface area (TPSA) is 133 Å². The first-order chi connectivity index (χ1) is 18.8. The summed E-state index contributed by atoms with van der Waals surface area (Å²) in [4.78, 5) is 28.4. The van der Waals surface area contributed by atoms with Crippen LogP contribution in [0.15, 0.2) is 60.7 Å². The van der Waals surface area contributed by atoms with E-state index >= 15 is 0 Å². The zero-order valence-corrected chi connectivity index (χ0v) is 21.4. The molecule has 40 heavy (non-hydrogen) atoms. The number of hydrogen-bond acceptors (Lipinski definition) is 5. The second kappa shape index (κ2) is 10.6. The smallest absolute Gasteiger partial charge is 0.490 e. The summed E-state index contributed by atoms with van der Waals surface area (Å²) in [5.74, 6) is -2.68. The van der Waals surface area contributed by atoms with Crippen LogP contribution in [0, 0.1) is 13.8 Å². The van der Waals surface area contributed by atoms with Gasteiger partial charge in [0, 0.05) is 5.56 Å². The number of H-pyrrole nitrogens is 1. The average molecular weight is 553 g/mol. The van der Waals surface area contributed by atoms with Gasteiger partial charge >= 0.3 is 18.1 Å². The van der Waals surface area contributed by atoms with Crippen LogP contribution in [0.2, 0.25) is 0 Å². The first kappa shape index (κ1) is 28.0. The Labute approximate surface area is 225 Å². The van der Waals surface area contributed by atoms with E-state index in [1.807, 2.05) is 24.3 Å². The lowest BCUT2D eigenvalue weighted by Crippen LogP contribution is -2.21. The minimum atomic E-state index is -5.08. The number of para-hydroxylation sites is 1. The number of aromatic carboxylic acids is 1. The number of phenols is 1. The zero-order chi connectivity index (χ0) is 29.4. The van der Waals surface area contributed by atoms with E-state index < -0.39 is 18.1 Å². The molecule has 5 aromatic rings. The van der Waals surface area contributed by atoms with Crippen molar-refractivity contribution < 1.29 is 42.8 Å². The number of hydrogen-bond donors (Lipinski definition) is 4. The molecule has 4 N–H and O–H groups in total. The number of rotatable bonds is 4. The Hall–Kier alpha value is -5.06. The molecule has 1 aromatic heterocycles. The molecule has 0 fully saturated rings. The molecule has 0 aliphatic heterocycles. The van der Waals surface area contributed by atoms with Gasteiger partial charge in [0.05, 0.1) is 29.1 Å². The fourth-order valence-electron chi connectivity index (χ4n) is 4.24. The number of halogens is 3. The fourth-order valence-corrected chi connectivity index (χ4v) is 4.24. The van der Waals surface area contributed by atoms with Gasteiger partial charge in [0.25, 0.3) is 0 Å². The van der Waals surface area contributed by atoms with E-state index in [1.165, 1.54) is 23.3 Å². The van der Waals surface area contributed by atoms with Crippen LogP contribution in [0.5, 0.6) is 11.5 Å². The molecular formula is C29H23F3N2O6. The molecule has 5 rings (SSSR count). The highest BCUT2D eigenvalue weighted by Crippen LogP contribution is 2.40. The van der Waals surface area contributed by atoms with Crippen LogP contribution in [0.25, 0.3) is 44.3 Å². The Morgan fingerprint density at radius 2 is 1.60 bits per heavy atom. The predicted molar refractivity (Wildman–Crippen MR) is 143 cm³/mol. The van der Waals surface area contributed by atoms with Gasteiger partial charge in [-0.25, -0.2) is 14.6 Å². The molecule has 0 spiro atoms. The lowest BCUT2D eigenvalue weighted by atomic mass is 9.97. The number of ether oxygens (including phenoxy) is 1. The Balaban J connectivity index is 0.000000470. The summed E-state index contributed by atoms with van der Waals surface area (Å²) in [6.07, 6.45) is -5.08. The van der Waals surface area contributed by atoms with Crippen molar-refractivity contribution in [1.29, 1.82) is 0 Å². The lowest BCUT2D eigenvalue weighted by molar-refractivity contribution is -0.192. The number of carboxylic acids is 2. The van der Waals surface area contributed by atoms with Crippen LogP contribution in [0.1, 0.15) is 21.5 Å². The maximum absolute atomic E-state index is 11.4. The van der Waals surface area contributed by atoms with E-state index in [0.29, 0.717) is 27.9 Å². The molecule has 0 unspecified atom stereocenters. The molecule has 0 radical (unpaired) electrons. The van der Waals surface area contributed by atoms with E-state index in [2.05, 4.69) is 37.0 Å². The molecule has 0 amide bonds. The summed E-state index contributed by atoms with van der Waals surface area (Å²) in [6, 6.07) is 18.6. The number of nitrogens with one attached hydrogen (secondary N) is 1. The molecule has 0 saturated heterocycles. The van der Waals surface area contributed by atoms with Crippen LogP contribution in [0.3, 0.4) is 0 Å². The van der Waals surface area contributed by atoms with Gasteiger partial charge in [-0.2, -0.15) is 13.2 Å². The summed E-state index contributed by atoms with van der Waals surface area (Å²) < 4.78 is 37.6. The Bertz CT molecular complexity index is 1780. The minimum absolute atomic E-state index is 0.0258. The first-order valence-electron chi connectivity index (χ1n) is 11.8. The van der Waals surface area contributed by atoms with Crippen LogP contribution in [0.4, 0.5) is 13.2 Å². The number of imidazole rings is 1. The van der Waals surface area contributed by atoms with E-state index in [-0.39, 0.29) is 11.3 Å². The van der Waals surface area contributed by atoms with Gasteiger partial charge in [0.1, 0.15) is 22.8 Å². The number of phenolic OH excluding ortho intramolecular Hbond substituents is 1. The maximum atomic E-state index is 11.4. The molecule has 0 aliphatic rings. The third kappa shape index (κ3) is 5.39. The number of aromatic hydroxyl groups is 1. The van der Waals surface area contributed by atoms with Crippen LogP contribution >= 0.6 is 0 Å². The lowest BCUT2D eigenvalue weighted by Gasteiger charge is -2.13. The standard InChI is InChI=1S/C27H22N2O4.C2HF3O2/c1-14-7-8-16(11-15(14)2)19-5-4-6-20(25(19)33-3)26-28-21-10-9-17-12-18(27(31)32)13-22(30)23(17)24(21)29-26;3-2(4,5)1(6)7/h4-13,30H,1-3H3,(H,28,29)(H,31,32);(H,6,7). The van der Waals surface area contributed by atoms with Gasteiger partial charge in [0.15, 0.2) is 0 Å². The summed E-state index contributed by atoms with van der Waals surface area (Å²) >= 11 is 0. The summed E-state index contributed by atoms with van der Waals surface area (Å²) in [5, 5.41) is 28.1. The van der Waals surface area contributed by atoms with Gasteiger partial charge in [-0.05, 0) is 60.2 Å². The van der Waals surface area contributed by atoms with Crippen molar-refractivity contribution in [2.24, 2.45) is 0 Å². The number of aliphatic carboxylic acids is 1. The maximum Gasteiger partial charge on any atom is 0.490 e. The molecule has 4 aromatic carbocycles. The number of carboxylic acid groups (broad SMARTS) is 2. The summed E-state index contributed by atoms with van der Waals surface area (Å²) in [7, 11) is 1.64. The van der Waals surface area contributed by atoms with Crippen molar-refractivity contribution in [3.8, 4) is 34.0 Å². The number of aromatic amines is 1. The highest BCUT2D eigenvalue weighted by atomic mass is 19.4. The van der Waals surface area contributed by atoms with Gasteiger partial charge in [-0.1, -0.05) is 36.4 Å². The van der Waals surface area contributed by atoms with Gasteiger partial charge in [0.2, 0.25) is 0 Å². The van der Waals surface area contributed by atoms with Crippen LogP contribution in [-0.4, -0.2) is 50.5 Å². The minimum Gasteiger partial charge on any atom is -0.507 e. The molecule has 206 valence electrons. The third-order valence-corrected chi connectivity index (χ3v) is 6.33. The quantitative estimate of drug-likeness (QED) is 0.195. The van der Waals surface area contributed by atoms with E-state index in [4.69, 9.17) is 19.6 Å². The number of aryl methyl sites for hydroxylation is 2. The number of fused-ring (bicyclic) bond motifs is 3. The zero-order valence-electron chi connectivity index (χ0n) is 21.4. The number of aromatic nitrogens is 2. The van der Waals surface area contributed by atoms with Crippen molar-refractivity contribution in [3.05, 3.63) is 77.4 Å². The number of alkyl halides is 3. The normalized spacial score (nSPS) is 11.2. The molecule has 0 atom stereocenters. The van der Waals surface area contributed by atoms with Gasteiger partial charge in [-0.3, -0.25) is 0 Å². The predicted octanol–water partition coefficient (Wildman–Crippen LogP) is 6.71. The van der Waals surface area contributed by atoms with Crippen molar-refractivity contribution in [3.63, 3.8) is 0 Å². The average Bonchev–Trinajstić information content (AvgIpc) is 3.33. The van der Waals surface area contributed by atoms with Crippen LogP contribution in [-0.2, 0) is 4.79 Å². The number of methoxy groups -OCH3 is 1. The summed E-state index contributed by atoms with van der Waals surface area (Å²) in [6.45, 7) is 4.17. The highest BCUT2D eigenvalue weighted by molar-refractivity contribution is 6.10. The monoisotopic (exact) mass is 552 g/mol. The second-order valence-corrected chi connectivity index (χ2v) is 8.93. The number of benzene rings is 4. The van der Waals surface area contributed by atoms with Crippen molar-refractivity contribution in [2.45, 2.75) is 20.0 Å². The largest absolute Gasteiger partial charge is 0.507 e. The molecule has 0 bridgehead atoms. The van der Waals surface area contributed by atoms with Crippen molar-refractivity contribution in [2.75, 3.05) is 7.11 Å². The second-order valence-electron chi connectivity index (χ2n) is 8.93. The molecule has 1 heterocycles. The van der Waals surface area contributed by atoms with Crippen molar-refractivity contribution >= 4 is 33.7 Å². The van der Waals surface area contributed by atoms with E-state index in [0.717, 1.165) is 22.2 Å². The molecule has 0 aliphatic carbocycles. The highest BCUT2D eigenvalue weighted by Gasteiger charge is 2.38. The fraction of sp³-hybridized carbons (Fsp3) is 0.138. The van der Waals surface area contributed by atoms with E-state index in [1.54, 1.807) is 13.2 Å². The molecule has 8 nitrogen and oxygen atoms in total. The van der Waals surface area contributed by atoms with Crippen LogP contribution < -0.4 is 4.74 Å². The van der Waals surface area contributed by atoms with Gasteiger partial charge < -0.3 is 25.0 Å². The Morgan fingerprint density at radius 3 is 2.20 bits per heavy atom. The third-order valence-electron chi connectivity index (χ3n) is 6.33. The summed E-state index contributed by atoms with van der Waals surface area (Å²) in [5.41, 5.74) is 6.55. The Kier molecular flexibility index (Phi) is 7.41.